The average Bonchev–Trinajstić information content (AvgIpc) is 2.95. The third kappa shape index (κ3) is 4.82. The monoisotopic (exact) mass is 292 g/mol. The Balaban J connectivity index is 1.93. The summed E-state index contributed by atoms with van der Waals surface area (Å²) in [4.78, 5) is 2.55. The third-order valence-corrected chi connectivity index (χ3v) is 4.67. The van der Waals surface area contributed by atoms with Crippen LogP contribution in [0.2, 0.25) is 0 Å². The summed E-state index contributed by atoms with van der Waals surface area (Å²) in [6.07, 6.45) is 7.26. The topological polar surface area (TPSA) is 33.1 Å². The molecule has 120 valence electrons. The maximum Gasteiger partial charge on any atom is 0.0765 e. The molecule has 0 aromatic carbocycles. The molecule has 0 amide bonds. The maximum atomic E-state index is 4.75. The average molecular weight is 292 g/mol. The number of piperidine rings is 1. The Kier molecular flexibility index (Phi) is 6.24. The molecule has 2 atom stereocenters. The molecule has 1 aliphatic rings. The molecule has 21 heavy (non-hydrogen) atoms. The fourth-order valence-corrected chi connectivity index (χ4v) is 2.92. The Labute approximate surface area is 129 Å². The second-order valence-corrected chi connectivity index (χ2v) is 6.71. The first kappa shape index (κ1) is 16.5. The number of hydrogen-bond donors (Lipinski definition) is 1. The summed E-state index contributed by atoms with van der Waals surface area (Å²) in [5, 5.41) is 8.41. The zero-order valence-corrected chi connectivity index (χ0v) is 14.2. The molecule has 1 saturated heterocycles. The second-order valence-electron chi connectivity index (χ2n) is 6.71. The van der Waals surface area contributed by atoms with Gasteiger partial charge in [0.2, 0.25) is 0 Å². The summed E-state index contributed by atoms with van der Waals surface area (Å²) >= 11 is 0. The summed E-state index contributed by atoms with van der Waals surface area (Å²) in [5.74, 6) is 0. The van der Waals surface area contributed by atoms with Gasteiger partial charge in [-0.2, -0.15) is 5.10 Å². The van der Waals surface area contributed by atoms with E-state index in [-0.39, 0.29) is 0 Å². The highest BCUT2D eigenvalue weighted by Gasteiger charge is 2.19. The number of nitrogens with one attached hydrogen (secondary N) is 1. The van der Waals surface area contributed by atoms with Gasteiger partial charge in [0.05, 0.1) is 5.69 Å². The Morgan fingerprint density at radius 1 is 1.38 bits per heavy atom. The highest BCUT2D eigenvalue weighted by molar-refractivity contribution is 5.00. The number of nitrogens with zero attached hydrogens (tertiary/aromatic N) is 3. The van der Waals surface area contributed by atoms with Crippen molar-refractivity contribution in [2.75, 3.05) is 13.1 Å². The summed E-state index contributed by atoms with van der Waals surface area (Å²) < 4.78 is 2.10. The van der Waals surface area contributed by atoms with Crippen LogP contribution in [0.1, 0.15) is 65.1 Å². The quantitative estimate of drug-likeness (QED) is 0.838. The highest BCUT2D eigenvalue weighted by atomic mass is 15.3. The molecule has 0 saturated carbocycles. The van der Waals surface area contributed by atoms with Crippen molar-refractivity contribution in [3.63, 3.8) is 0 Å². The standard InChI is InChI=1S/C17H32N4/c1-5-15(4)21-11-9-17(19-21)13-20(14(2)3)12-16-8-6-7-10-18-16/h9,11,14-16,18H,5-8,10,12-13H2,1-4H3. The van der Waals surface area contributed by atoms with Crippen LogP contribution in [-0.4, -0.2) is 39.9 Å². The van der Waals surface area contributed by atoms with Crippen LogP contribution in [0, 0.1) is 0 Å². The van der Waals surface area contributed by atoms with Crippen molar-refractivity contribution in [1.29, 1.82) is 0 Å². The van der Waals surface area contributed by atoms with Crippen LogP contribution in [-0.2, 0) is 6.54 Å². The predicted molar refractivity (Wildman–Crippen MR) is 88.4 cm³/mol. The van der Waals surface area contributed by atoms with Crippen LogP contribution < -0.4 is 5.32 Å². The lowest BCUT2D eigenvalue weighted by atomic mass is 10.0. The Morgan fingerprint density at radius 2 is 2.19 bits per heavy atom. The molecule has 2 unspecified atom stereocenters. The second kappa shape index (κ2) is 7.95. The molecule has 1 N–H and O–H groups in total. The van der Waals surface area contributed by atoms with Crippen molar-refractivity contribution >= 4 is 0 Å². The maximum absolute atomic E-state index is 4.75. The van der Waals surface area contributed by atoms with E-state index in [1.807, 2.05) is 0 Å². The van der Waals surface area contributed by atoms with Gasteiger partial charge < -0.3 is 5.32 Å². The van der Waals surface area contributed by atoms with E-state index in [4.69, 9.17) is 5.10 Å². The van der Waals surface area contributed by atoms with Crippen molar-refractivity contribution < 1.29 is 0 Å². The number of hydrogen-bond acceptors (Lipinski definition) is 3. The van der Waals surface area contributed by atoms with E-state index in [2.05, 4.69) is 54.9 Å². The van der Waals surface area contributed by atoms with Crippen LogP contribution in [0.25, 0.3) is 0 Å². The van der Waals surface area contributed by atoms with E-state index in [9.17, 15) is 0 Å². The first-order chi connectivity index (χ1) is 10.1. The minimum Gasteiger partial charge on any atom is -0.313 e. The third-order valence-electron chi connectivity index (χ3n) is 4.67. The van der Waals surface area contributed by atoms with E-state index in [0.717, 1.165) is 19.5 Å². The van der Waals surface area contributed by atoms with Crippen molar-refractivity contribution in [2.24, 2.45) is 0 Å². The van der Waals surface area contributed by atoms with Crippen LogP contribution >= 0.6 is 0 Å². The highest BCUT2D eigenvalue weighted by Crippen LogP contribution is 2.14. The van der Waals surface area contributed by atoms with Gasteiger partial charge in [0.1, 0.15) is 0 Å². The van der Waals surface area contributed by atoms with Gasteiger partial charge in [0.15, 0.2) is 0 Å². The molecule has 1 aliphatic heterocycles. The Hall–Kier alpha value is -0.870. The molecule has 0 bridgehead atoms. The normalized spacial score (nSPS) is 21.1. The van der Waals surface area contributed by atoms with E-state index in [0.29, 0.717) is 18.1 Å². The summed E-state index contributed by atoms with van der Waals surface area (Å²) in [6.45, 7) is 12.3. The van der Waals surface area contributed by atoms with Crippen LogP contribution in [0.4, 0.5) is 0 Å². The molecular formula is C17H32N4. The number of aromatic nitrogens is 2. The molecule has 4 heteroatoms. The molecule has 1 fully saturated rings. The molecule has 0 spiro atoms. The summed E-state index contributed by atoms with van der Waals surface area (Å²) in [5.41, 5.74) is 1.19. The molecule has 2 heterocycles. The Bertz CT molecular complexity index is 407. The zero-order chi connectivity index (χ0) is 15.2. The number of rotatable bonds is 7. The smallest absolute Gasteiger partial charge is 0.0765 e. The largest absolute Gasteiger partial charge is 0.313 e. The first-order valence-electron chi connectivity index (χ1n) is 8.61. The van der Waals surface area contributed by atoms with Gasteiger partial charge in [-0.25, -0.2) is 0 Å². The van der Waals surface area contributed by atoms with E-state index >= 15 is 0 Å². The van der Waals surface area contributed by atoms with Gasteiger partial charge in [-0.15, -0.1) is 0 Å². The van der Waals surface area contributed by atoms with Crippen LogP contribution in [0.5, 0.6) is 0 Å². The van der Waals surface area contributed by atoms with Gasteiger partial charge >= 0.3 is 0 Å². The molecule has 0 aliphatic carbocycles. The molecule has 1 aromatic heterocycles. The molecular weight excluding hydrogens is 260 g/mol. The summed E-state index contributed by atoms with van der Waals surface area (Å²) in [6, 6.07) is 3.88. The van der Waals surface area contributed by atoms with Gasteiger partial charge in [-0.3, -0.25) is 9.58 Å². The lowest BCUT2D eigenvalue weighted by Gasteiger charge is -2.32. The van der Waals surface area contributed by atoms with Gasteiger partial charge in [0.25, 0.3) is 0 Å². The van der Waals surface area contributed by atoms with Gasteiger partial charge in [0, 0.05) is 37.4 Å². The van der Waals surface area contributed by atoms with E-state index < -0.39 is 0 Å². The van der Waals surface area contributed by atoms with Crippen molar-refractivity contribution in [2.45, 2.75) is 78.0 Å². The lowest BCUT2D eigenvalue weighted by molar-refractivity contribution is 0.174. The van der Waals surface area contributed by atoms with E-state index in [1.54, 1.807) is 0 Å². The van der Waals surface area contributed by atoms with Crippen LogP contribution in [0.3, 0.4) is 0 Å². The van der Waals surface area contributed by atoms with Crippen molar-refractivity contribution in [1.82, 2.24) is 20.0 Å². The van der Waals surface area contributed by atoms with Crippen LogP contribution in [0.15, 0.2) is 12.3 Å². The van der Waals surface area contributed by atoms with Crippen molar-refractivity contribution in [3.05, 3.63) is 18.0 Å². The fraction of sp³-hybridized carbons (Fsp3) is 0.824. The van der Waals surface area contributed by atoms with Gasteiger partial charge in [-0.05, 0) is 52.6 Å². The minimum atomic E-state index is 0.492. The molecule has 4 nitrogen and oxygen atoms in total. The van der Waals surface area contributed by atoms with Crippen molar-refractivity contribution in [3.8, 4) is 0 Å². The SMILES string of the molecule is CCC(C)n1ccc(CN(CC2CCCCN2)C(C)C)n1. The lowest BCUT2D eigenvalue weighted by Crippen LogP contribution is -2.45. The molecule has 1 aromatic rings. The van der Waals surface area contributed by atoms with E-state index in [1.165, 1.54) is 31.5 Å². The summed E-state index contributed by atoms with van der Waals surface area (Å²) in [7, 11) is 0. The minimum absolute atomic E-state index is 0.492. The Morgan fingerprint density at radius 3 is 2.81 bits per heavy atom. The molecule has 0 radical (unpaired) electrons. The molecule has 2 rings (SSSR count). The predicted octanol–water partition coefficient (Wildman–Crippen LogP) is 3.21. The zero-order valence-electron chi connectivity index (χ0n) is 14.2. The van der Waals surface area contributed by atoms with Gasteiger partial charge in [-0.1, -0.05) is 13.3 Å². The fourth-order valence-electron chi connectivity index (χ4n) is 2.92. The first-order valence-corrected chi connectivity index (χ1v) is 8.61.